The van der Waals surface area contributed by atoms with Gasteiger partial charge in [0.15, 0.2) is 0 Å². The van der Waals surface area contributed by atoms with Gasteiger partial charge in [-0.3, -0.25) is 5.01 Å². The number of rotatable bonds is 3. The number of nitrogens with zero attached hydrogens (tertiary/aromatic N) is 2. The van der Waals surface area contributed by atoms with E-state index in [9.17, 15) is 20.1 Å². The Kier molecular flexibility index (Phi) is 5.64. The summed E-state index contributed by atoms with van der Waals surface area (Å²) in [6.45, 7) is 5.34. The highest BCUT2D eigenvalue weighted by Gasteiger charge is 2.71. The van der Waals surface area contributed by atoms with E-state index in [2.05, 4.69) is 6.92 Å². The standard InChI is InChI=1S/C27H40N2O6/c1-24-6-3-21-22(27(24,33)9-5-20(24)18-14-23(31)35-16-18)4-8-26(32)15-19(30)2-7-25(21,26)17-28-29-10-12-34-13-11-29/h14,17,19-22,30,32-33H,2-13,15-16H2,1H3/t19-,20+,21-,22+,24+,25-,26-,27-/m0/s1. The zero-order chi connectivity index (χ0) is 24.5. The highest BCUT2D eigenvalue weighted by molar-refractivity contribution is 5.85. The molecule has 0 aromatic heterocycles. The number of carbonyl (C=O) groups excluding carboxylic acids is 1. The van der Waals surface area contributed by atoms with Crippen molar-refractivity contribution in [3.05, 3.63) is 11.6 Å². The third kappa shape index (κ3) is 3.39. The lowest BCUT2D eigenvalue weighted by atomic mass is 9.41. The summed E-state index contributed by atoms with van der Waals surface area (Å²) in [5.41, 5.74) is -1.72. The van der Waals surface area contributed by atoms with Crippen molar-refractivity contribution >= 4 is 12.2 Å². The number of morpholine rings is 1. The number of hydrazone groups is 1. The molecule has 35 heavy (non-hydrogen) atoms. The lowest BCUT2D eigenvalue weighted by molar-refractivity contribution is -0.237. The summed E-state index contributed by atoms with van der Waals surface area (Å²) >= 11 is 0. The molecule has 0 bridgehead atoms. The largest absolute Gasteiger partial charge is 0.458 e. The minimum atomic E-state index is -1.02. The number of fused-ring (bicyclic) bond motifs is 5. The van der Waals surface area contributed by atoms with Gasteiger partial charge < -0.3 is 24.8 Å². The molecule has 8 heteroatoms. The number of esters is 1. The van der Waals surface area contributed by atoms with E-state index in [0.717, 1.165) is 44.3 Å². The first-order valence-electron chi connectivity index (χ1n) is 13.6. The van der Waals surface area contributed by atoms with Crippen molar-refractivity contribution < 1.29 is 29.6 Å². The minimum absolute atomic E-state index is 0.0523. The van der Waals surface area contributed by atoms with Gasteiger partial charge in [-0.2, -0.15) is 5.10 Å². The Labute approximate surface area is 207 Å². The first-order chi connectivity index (χ1) is 16.7. The van der Waals surface area contributed by atoms with Gasteiger partial charge >= 0.3 is 5.97 Å². The molecule has 4 saturated carbocycles. The van der Waals surface area contributed by atoms with E-state index in [4.69, 9.17) is 14.6 Å². The Bertz CT molecular complexity index is 933. The lowest BCUT2D eigenvalue weighted by Gasteiger charge is -2.65. The van der Waals surface area contributed by atoms with Crippen LogP contribution in [0.15, 0.2) is 16.8 Å². The Hall–Kier alpha value is -1.48. The maximum atomic E-state index is 12.5. The van der Waals surface area contributed by atoms with Gasteiger partial charge in [0.05, 0.1) is 43.6 Å². The van der Waals surface area contributed by atoms with Crippen molar-refractivity contribution in [2.75, 3.05) is 32.9 Å². The molecule has 0 aromatic carbocycles. The third-order valence-corrected chi connectivity index (χ3v) is 11.1. The summed E-state index contributed by atoms with van der Waals surface area (Å²) in [6, 6.07) is 0. The van der Waals surface area contributed by atoms with Crippen molar-refractivity contribution in [3.63, 3.8) is 0 Å². The molecular formula is C27H40N2O6. The molecule has 8 atom stereocenters. The van der Waals surface area contributed by atoms with Gasteiger partial charge in [-0.15, -0.1) is 0 Å². The zero-order valence-electron chi connectivity index (χ0n) is 20.8. The number of ether oxygens (including phenoxy) is 2. The maximum absolute atomic E-state index is 12.5. The van der Waals surface area contributed by atoms with Gasteiger partial charge in [-0.05, 0) is 74.7 Å². The summed E-state index contributed by atoms with van der Waals surface area (Å²) in [5, 5.41) is 42.0. The lowest BCUT2D eigenvalue weighted by Crippen LogP contribution is -2.69. The van der Waals surface area contributed by atoms with Crippen molar-refractivity contribution in [2.45, 2.75) is 82.0 Å². The second-order valence-corrected chi connectivity index (χ2v) is 12.3. The van der Waals surface area contributed by atoms with E-state index < -0.39 is 22.7 Å². The quantitative estimate of drug-likeness (QED) is 0.412. The molecule has 5 fully saturated rings. The van der Waals surface area contributed by atoms with E-state index in [1.807, 2.05) is 11.2 Å². The van der Waals surface area contributed by atoms with Crippen LogP contribution in [0.3, 0.4) is 0 Å². The number of aliphatic hydroxyl groups is 3. The van der Waals surface area contributed by atoms with E-state index in [1.165, 1.54) is 0 Å². The summed E-state index contributed by atoms with van der Waals surface area (Å²) < 4.78 is 10.7. The monoisotopic (exact) mass is 488 g/mol. The van der Waals surface area contributed by atoms with Crippen molar-refractivity contribution in [1.82, 2.24) is 5.01 Å². The first-order valence-corrected chi connectivity index (χ1v) is 13.6. The molecule has 3 N–H and O–H groups in total. The molecular weight excluding hydrogens is 448 g/mol. The fourth-order valence-corrected chi connectivity index (χ4v) is 9.21. The van der Waals surface area contributed by atoms with E-state index in [1.54, 1.807) is 6.08 Å². The van der Waals surface area contributed by atoms with Crippen LogP contribution >= 0.6 is 0 Å². The van der Waals surface area contributed by atoms with Crippen LogP contribution in [0.25, 0.3) is 0 Å². The molecule has 1 saturated heterocycles. The fourth-order valence-electron chi connectivity index (χ4n) is 9.21. The smallest absolute Gasteiger partial charge is 0.331 e. The predicted molar refractivity (Wildman–Crippen MR) is 128 cm³/mol. The summed E-state index contributed by atoms with van der Waals surface area (Å²) in [7, 11) is 0. The number of aliphatic hydroxyl groups excluding tert-OH is 1. The zero-order valence-corrected chi connectivity index (χ0v) is 20.8. The van der Waals surface area contributed by atoms with Gasteiger partial charge in [0.25, 0.3) is 0 Å². The van der Waals surface area contributed by atoms with Crippen LogP contribution in [0.1, 0.15) is 64.7 Å². The predicted octanol–water partition coefficient (Wildman–Crippen LogP) is 2.02. The molecule has 6 aliphatic rings. The van der Waals surface area contributed by atoms with E-state index in [0.29, 0.717) is 51.9 Å². The van der Waals surface area contributed by atoms with Crippen LogP contribution in [-0.4, -0.2) is 82.7 Å². The maximum Gasteiger partial charge on any atom is 0.331 e. The van der Waals surface area contributed by atoms with Crippen LogP contribution in [0.2, 0.25) is 0 Å². The summed E-state index contributed by atoms with van der Waals surface area (Å²) in [6.07, 6.45) is 9.48. The second-order valence-electron chi connectivity index (χ2n) is 12.3. The van der Waals surface area contributed by atoms with Gasteiger partial charge in [-0.25, -0.2) is 4.79 Å². The molecule has 0 aromatic rings. The van der Waals surface area contributed by atoms with Crippen LogP contribution in [0.5, 0.6) is 0 Å². The van der Waals surface area contributed by atoms with Crippen LogP contribution in [0, 0.1) is 28.6 Å². The summed E-state index contributed by atoms with van der Waals surface area (Å²) in [5.74, 6) is 0.0312. The average molecular weight is 489 g/mol. The first kappa shape index (κ1) is 23.9. The van der Waals surface area contributed by atoms with Crippen LogP contribution in [0.4, 0.5) is 0 Å². The molecule has 2 aliphatic heterocycles. The second kappa shape index (κ2) is 8.27. The number of cyclic esters (lactones) is 1. The Balaban J connectivity index is 1.36. The highest BCUT2D eigenvalue weighted by Crippen LogP contribution is 2.70. The van der Waals surface area contributed by atoms with Gasteiger partial charge in [0, 0.05) is 29.5 Å². The molecule has 0 radical (unpaired) electrons. The third-order valence-electron chi connectivity index (χ3n) is 11.1. The Morgan fingerprint density at radius 2 is 1.83 bits per heavy atom. The Morgan fingerprint density at radius 1 is 1.06 bits per heavy atom. The summed E-state index contributed by atoms with van der Waals surface area (Å²) in [4.78, 5) is 11.8. The molecule has 0 amide bonds. The number of carbonyl (C=O) groups is 1. The van der Waals surface area contributed by atoms with Crippen molar-refractivity contribution in [3.8, 4) is 0 Å². The van der Waals surface area contributed by atoms with Gasteiger partial charge in [0.1, 0.15) is 6.61 Å². The SMILES string of the molecule is C[C@]12CC[C@H]3[C@@H](CC[C@]4(O)C[C@@H](O)CC[C@]34C=NN3CCOCC3)[C@@]1(O)CC[C@@H]2C1=CC(=O)OC1. The van der Waals surface area contributed by atoms with Crippen molar-refractivity contribution in [1.29, 1.82) is 0 Å². The highest BCUT2D eigenvalue weighted by atomic mass is 16.5. The Morgan fingerprint density at radius 3 is 2.57 bits per heavy atom. The molecule has 0 unspecified atom stereocenters. The average Bonchev–Trinajstić information content (AvgIpc) is 3.38. The number of hydrogen-bond acceptors (Lipinski definition) is 8. The molecule has 0 spiro atoms. The van der Waals surface area contributed by atoms with Gasteiger partial charge in [0.2, 0.25) is 0 Å². The normalized spacial score (nSPS) is 49.9. The molecule has 2 heterocycles. The fraction of sp³-hybridized carbons (Fsp3) is 0.852. The van der Waals surface area contributed by atoms with Crippen LogP contribution in [-0.2, 0) is 14.3 Å². The minimum Gasteiger partial charge on any atom is -0.458 e. The molecule has 6 rings (SSSR count). The number of hydrogen-bond donors (Lipinski definition) is 3. The topological polar surface area (TPSA) is 112 Å². The van der Waals surface area contributed by atoms with E-state index in [-0.39, 0.29) is 29.1 Å². The van der Waals surface area contributed by atoms with Crippen LogP contribution < -0.4 is 0 Å². The molecule has 8 nitrogen and oxygen atoms in total. The molecule has 194 valence electrons. The van der Waals surface area contributed by atoms with Gasteiger partial charge in [-0.1, -0.05) is 6.92 Å². The van der Waals surface area contributed by atoms with E-state index >= 15 is 0 Å². The molecule has 4 aliphatic carbocycles. The van der Waals surface area contributed by atoms with Crippen molar-refractivity contribution in [2.24, 2.45) is 33.7 Å².